The highest BCUT2D eigenvalue weighted by atomic mass is 79.9. The first kappa shape index (κ1) is 15.2. The number of aryl methyl sites for hydroxylation is 1. The predicted octanol–water partition coefficient (Wildman–Crippen LogP) is 4.50. The van der Waals surface area contributed by atoms with Crippen molar-refractivity contribution in [1.29, 1.82) is 0 Å². The second kappa shape index (κ2) is 7.55. The summed E-state index contributed by atoms with van der Waals surface area (Å²) < 4.78 is 1.02. The molecular weight excluding hydrogens is 312 g/mol. The molecule has 0 amide bonds. The maximum atomic E-state index is 4.29. The van der Waals surface area contributed by atoms with E-state index in [2.05, 4.69) is 70.4 Å². The van der Waals surface area contributed by atoms with Crippen molar-refractivity contribution in [2.75, 3.05) is 6.54 Å². The highest BCUT2D eigenvalue weighted by molar-refractivity contribution is 9.10. The van der Waals surface area contributed by atoms with Gasteiger partial charge in [0.15, 0.2) is 0 Å². The highest BCUT2D eigenvalue weighted by Gasteiger charge is 2.13. The Bertz CT molecular complexity index is 537. The molecule has 0 aliphatic heterocycles. The molecule has 1 N–H and O–H groups in total. The Labute approximate surface area is 129 Å². The van der Waals surface area contributed by atoms with Gasteiger partial charge in [0.2, 0.25) is 0 Å². The number of halogens is 1. The summed E-state index contributed by atoms with van der Waals surface area (Å²) in [4.78, 5) is 4.29. The number of nitrogens with one attached hydrogen (secondary N) is 1. The SMILES string of the molecule is CCCNC(c1ccc(CC)cc1)c1cncc(Br)c1. The molecule has 0 bridgehead atoms. The fourth-order valence-electron chi connectivity index (χ4n) is 2.25. The van der Waals surface area contributed by atoms with Gasteiger partial charge in [0.25, 0.3) is 0 Å². The minimum Gasteiger partial charge on any atom is -0.306 e. The van der Waals surface area contributed by atoms with Gasteiger partial charge in [-0.3, -0.25) is 4.98 Å². The molecular formula is C17H21BrN2. The zero-order chi connectivity index (χ0) is 14.4. The van der Waals surface area contributed by atoms with E-state index in [0.717, 1.165) is 23.9 Å². The highest BCUT2D eigenvalue weighted by Crippen LogP contribution is 2.24. The molecule has 1 aromatic heterocycles. The van der Waals surface area contributed by atoms with Gasteiger partial charge in [0, 0.05) is 16.9 Å². The van der Waals surface area contributed by atoms with Gasteiger partial charge in [-0.15, -0.1) is 0 Å². The molecule has 2 aromatic rings. The van der Waals surface area contributed by atoms with E-state index in [0.29, 0.717) is 0 Å². The molecule has 0 aliphatic rings. The van der Waals surface area contributed by atoms with Crippen molar-refractivity contribution < 1.29 is 0 Å². The Balaban J connectivity index is 2.30. The molecule has 0 saturated carbocycles. The Morgan fingerprint density at radius 2 is 1.85 bits per heavy atom. The first-order valence-electron chi connectivity index (χ1n) is 7.17. The van der Waals surface area contributed by atoms with Gasteiger partial charge in [-0.25, -0.2) is 0 Å². The fourth-order valence-corrected chi connectivity index (χ4v) is 2.63. The molecule has 1 unspecified atom stereocenters. The molecule has 0 saturated heterocycles. The predicted molar refractivity (Wildman–Crippen MR) is 87.9 cm³/mol. The minimum absolute atomic E-state index is 0.200. The van der Waals surface area contributed by atoms with Crippen molar-refractivity contribution in [1.82, 2.24) is 10.3 Å². The molecule has 0 fully saturated rings. The van der Waals surface area contributed by atoms with Crippen molar-refractivity contribution in [2.24, 2.45) is 0 Å². The first-order valence-corrected chi connectivity index (χ1v) is 7.96. The molecule has 3 heteroatoms. The van der Waals surface area contributed by atoms with Crippen LogP contribution in [0, 0.1) is 0 Å². The second-order valence-corrected chi connectivity index (χ2v) is 5.83. The minimum atomic E-state index is 0.200. The zero-order valence-corrected chi connectivity index (χ0v) is 13.7. The van der Waals surface area contributed by atoms with E-state index < -0.39 is 0 Å². The summed E-state index contributed by atoms with van der Waals surface area (Å²) in [6.07, 6.45) is 5.95. The largest absolute Gasteiger partial charge is 0.306 e. The number of benzene rings is 1. The van der Waals surface area contributed by atoms with Gasteiger partial charge in [-0.1, -0.05) is 38.1 Å². The molecule has 2 rings (SSSR count). The maximum absolute atomic E-state index is 4.29. The Kier molecular flexibility index (Phi) is 5.74. The second-order valence-electron chi connectivity index (χ2n) is 4.92. The molecule has 106 valence electrons. The molecule has 20 heavy (non-hydrogen) atoms. The van der Waals surface area contributed by atoms with Crippen LogP contribution in [0.1, 0.15) is 43.0 Å². The van der Waals surface area contributed by atoms with E-state index in [-0.39, 0.29) is 6.04 Å². The number of aromatic nitrogens is 1. The van der Waals surface area contributed by atoms with Gasteiger partial charge in [-0.2, -0.15) is 0 Å². The lowest BCUT2D eigenvalue weighted by atomic mass is 9.98. The quantitative estimate of drug-likeness (QED) is 0.842. The zero-order valence-electron chi connectivity index (χ0n) is 12.1. The number of nitrogens with zero attached hydrogens (tertiary/aromatic N) is 1. The van der Waals surface area contributed by atoms with E-state index in [4.69, 9.17) is 0 Å². The van der Waals surface area contributed by atoms with Crippen LogP contribution in [-0.2, 0) is 6.42 Å². The molecule has 1 aromatic carbocycles. The average molecular weight is 333 g/mol. The van der Waals surface area contributed by atoms with Crippen molar-refractivity contribution in [3.05, 3.63) is 63.9 Å². The summed E-state index contributed by atoms with van der Waals surface area (Å²) in [5, 5.41) is 3.61. The van der Waals surface area contributed by atoms with Crippen LogP contribution in [-0.4, -0.2) is 11.5 Å². The normalized spacial score (nSPS) is 12.3. The Morgan fingerprint density at radius 3 is 2.45 bits per heavy atom. The number of rotatable bonds is 6. The lowest BCUT2D eigenvalue weighted by Gasteiger charge is -2.20. The topological polar surface area (TPSA) is 24.9 Å². The molecule has 0 radical (unpaired) electrons. The van der Waals surface area contributed by atoms with E-state index in [1.54, 1.807) is 0 Å². The third kappa shape index (κ3) is 3.90. The molecule has 2 nitrogen and oxygen atoms in total. The van der Waals surface area contributed by atoms with Crippen LogP contribution in [0.15, 0.2) is 47.2 Å². The Morgan fingerprint density at radius 1 is 1.10 bits per heavy atom. The van der Waals surface area contributed by atoms with Crippen LogP contribution in [0.25, 0.3) is 0 Å². The van der Waals surface area contributed by atoms with Crippen molar-refractivity contribution in [3.63, 3.8) is 0 Å². The van der Waals surface area contributed by atoms with Gasteiger partial charge in [0.1, 0.15) is 0 Å². The van der Waals surface area contributed by atoms with Crippen LogP contribution in [0.2, 0.25) is 0 Å². The molecule has 0 aliphatic carbocycles. The summed E-state index contributed by atoms with van der Waals surface area (Å²) in [5.74, 6) is 0. The first-order chi connectivity index (χ1) is 9.74. The standard InChI is InChI=1S/C17H21BrN2/c1-3-9-20-17(15-10-16(18)12-19-11-15)14-7-5-13(4-2)6-8-14/h5-8,10-12,17,20H,3-4,9H2,1-2H3. The third-order valence-corrected chi connectivity index (χ3v) is 3.81. The number of pyridine rings is 1. The van der Waals surface area contributed by atoms with Crippen molar-refractivity contribution in [2.45, 2.75) is 32.7 Å². The molecule has 0 spiro atoms. The van der Waals surface area contributed by atoms with Crippen LogP contribution in [0.3, 0.4) is 0 Å². The third-order valence-electron chi connectivity index (χ3n) is 3.38. The number of hydrogen-bond acceptors (Lipinski definition) is 2. The monoisotopic (exact) mass is 332 g/mol. The van der Waals surface area contributed by atoms with Gasteiger partial charge >= 0.3 is 0 Å². The maximum Gasteiger partial charge on any atom is 0.0592 e. The van der Waals surface area contributed by atoms with Crippen LogP contribution in [0.5, 0.6) is 0 Å². The van der Waals surface area contributed by atoms with Gasteiger partial charge in [0.05, 0.1) is 6.04 Å². The smallest absolute Gasteiger partial charge is 0.0592 e. The molecule has 1 atom stereocenters. The van der Waals surface area contributed by atoms with Crippen LogP contribution < -0.4 is 5.32 Å². The van der Waals surface area contributed by atoms with E-state index >= 15 is 0 Å². The fraction of sp³-hybridized carbons (Fsp3) is 0.353. The van der Waals surface area contributed by atoms with Crippen molar-refractivity contribution >= 4 is 15.9 Å². The summed E-state index contributed by atoms with van der Waals surface area (Å²) in [6.45, 7) is 5.36. The molecule has 1 heterocycles. The Hall–Kier alpha value is -1.19. The summed E-state index contributed by atoms with van der Waals surface area (Å²) in [6, 6.07) is 11.2. The lowest BCUT2D eigenvalue weighted by molar-refractivity contribution is 0.596. The summed E-state index contributed by atoms with van der Waals surface area (Å²) in [5.41, 5.74) is 3.85. The van der Waals surface area contributed by atoms with Crippen LogP contribution in [0.4, 0.5) is 0 Å². The van der Waals surface area contributed by atoms with E-state index in [1.807, 2.05) is 12.4 Å². The van der Waals surface area contributed by atoms with E-state index in [9.17, 15) is 0 Å². The lowest BCUT2D eigenvalue weighted by Crippen LogP contribution is -2.23. The van der Waals surface area contributed by atoms with E-state index in [1.165, 1.54) is 16.7 Å². The summed E-state index contributed by atoms with van der Waals surface area (Å²) >= 11 is 3.50. The van der Waals surface area contributed by atoms with Crippen LogP contribution >= 0.6 is 15.9 Å². The number of hydrogen-bond donors (Lipinski definition) is 1. The average Bonchev–Trinajstić information content (AvgIpc) is 2.48. The van der Waals surface area contributed by atoms with Gasteiger partial charge in [-0.05, 0) is 58.1 Å². The summed E-state index contributed by atoms with van der Waals surface area (Å²) in [7, 11) is 0. The van der Waals surface area contributed by atoms with Crippen molar-refractivity contribution in [3.8, 4) is 0 Å². The van der Waals surface area contributed by atoms with Gasteiger partial charge < -0.3 is 5.32 Å².